The maximum Gasteiger partial charge on any atom is 0.253 e. The monoisotopic (exact) mass is 254 g/mol. The van der Waals surface area contributed by atoms with Gasteiger partial charge in [-0.3, -0.25) is 4.79 Å². The van der Waals surface area contributed by atoms with Crippen molar-refractivity contribution in [2.45, 2.75) is 20.3 Å². The zero-order valence-corrected chi connectivity index (χ0v) is 11.0. The molecule has 1 amide bonds. The number of para-hydroxylation sites is 1. The molecule has 0 heterocycles. The predicted octanol–water partition coefficient (Wildman–Crippen LogP) is 2.47. The largest absolute Gasteiger partial charge is 0.398 e. The fourth-order valence-electron chi connectivity index (χ4n) is 1.94. The van der Waals surface area contributed by atoms with Crippen molar-refractivity contribution in [2.24, 2.45) is 11.3 Å². The van der Waals surface area contributed by atoms with Crippen LogP contribution in [0.1, 0.15) is 30.6 Å². The van der Waals surface area contributed by atoms with Crippen LogP contribution in [0.4, 0.5) is 5.69 Å². The Morgan fingerprint density at radius 1 is 1.47 bits per heavy atom. The van der Waals surface area contributed by atoms with Gasteiger partial charge in [0.2, 0.25) is 0 Å². The van der Waals surface area contributed by atoms with E-state index in [4.69, 9.17) is 5.73 Å². The van der Waals surface area contributed by atoms with Crippen LogP contribution >= 0.6 is 12.4 Å². The Kier molecular flexibility index (Phi) is 4.04. The Labute approximate surface area is 108 Å². The third-order valence-corrected chi connectivity index (χ3v) is 3.43. The minimum Gasteiger partial charge on any atom is -0.398 e. The van der Waals surface area contributed by atoms with Crippen molar-refractivity contribution in [1.82, 2.24) is 5.32 Å². The number of hydrogen-bond acceptors (Lipinski definition) is 2. The number of nitrogens with two attached hydrogens (primary N) is 1. The summed E-state index contributed by atoms with van der Waals surface area (Å²) < 4.78 is 0. The van der Waals surface area contributed by atoms with E-state index in [0.717, 1.165) is 6.54 Å². The Balaban J connectivity index is 0.00000144. The van der Waals surface area contributed by atoms with Gasteiger partial charge in [0.15, 0.2) is 0 Å². The summed E-state index contributed by atoms with van der Waals surface area (Å²) in [6.07, 6.45) is 1.19. The second-order valence-electron chi connectivity index (χ2n) is 5.19. The molecule has 0 spiro atoms. The molecule has 17 heavy (non-hydrogen) atoms. The van der Waals surface area contributed by atoms with E-state index in [1.165, 1.54) is 6.42 Å². The number of amides is 1. The van der Waals surface area contributed by atoms with Crippen LogP contribution in [0, 0.1) is 11.3 Å². The lowest BCUT2D eigenvalue weighted by atomic mass is 10.1. The van der Waals surface area contributed by atoms with Crippen LogP contribution in [0.15, 0.2) is 24.3 Å². The van der Waals surface area contributed by atoms with Gasteiger partial charge in [-0.2, -0.15) is 0 Å². The Bertz CT molecular complexity index is 418. The van der Waals surface area contributed by atoms with Crippen LogP contribution in [-0.4, -0.2) is 12.5 Å². The Hall–Kier alpha value is -1.22. The summed E-state index contributed by atoms with van der Waals surface area (Å²) >= 11 is 0. The molecule has 1 aromatic rings. The zero-order valence-electron chi connectivity index (χ0n) is 10.2. The van der Waals surface area contributed by atoms with Gasteiger partial charge >= 0.3 is 0 Å². The van der Waals surface area contributed by atoms with Crippen LogP contribution in [0.3, 0.4) is 0 Å². The summed E-state index contributed by atoms with van der Waals surface area (Å²) in [7, 11) is 0. The van der Waals surface area contributed by atoms with Crippen LogP contribution in [0.25, 0.3) is 0 Å². The molecule has 0 aromatic heterocycles. The lowest BCUT2D eigenvalue weighted by Crippen LogP contribution is -2.27. The number of carbonyl (C=O) groups is 1. The third kappa shape index (κ3) is 3.13. The van der Waals surface area contributed by atoms with Crippen LogP contribution in [-0.2, 0) is 0 Å². The van der Waals surface area contributed by atoms with Crippen molar-refractivity contribution in [3.8, 4) is 0 Å². The molecule has 94 valence electrons. The van der Waals surface area contributed by atoms with Gasteiger partial charge in [0.1, 0.15) is 0 Å². The van der Waals surface area contributed by atoms with Crippen molar-refractivity contribution in [1.29, 1.82) is 0 Å². The quantitative estimate of drug-likeness (QED) is 0.815. The minimum atomic E-state index is -0.0687. The van der Waals surface area contributed by atoms with Crippen molar-refractivity contribution in [3.63, 3.8) is 0 Å². The molecule has 1 unspecified atom stereocenters. The average molecular weight is 255 g/mol. The number of nitrogen functional groups attached to an aromatic ring is 1. The fourth-order valence-corrected chi connectivity index (χ4v) is 1.94. The number of rotatable bonds is 3. The molecule has 1 saturated carbocycles. The van der Waals surface area contributed by atoms with E-state index in [2.05, 4.69) is 19.2 Å². The van der Waals surface area contributed by atoms with Crippen molar-refractivity contribution in [3.05, 3.63) is 29.8 Å². The van der Waals surface area contributed by atoms with Crippen LogP contribution in [0.5, 0.6) is 0 Å². The van der Waals surface area contributed by atoms with Crippen LogP contribution < -0.4 is 11.1 Å². The molecule has 0 radical (unpaired) electrons. The first-order chi connectivity index (χ1) is 7.50. The maximum atomic E-state index is 11.8. The highest BCUT2D eigenvalue weighted by Gasteiger charge is 2.45. The van der Waals surface area contributed by atoms with Crippen molar-refractivity contribution in [2.75, 3.05) is 12.3 Å². The molecule has 4 heteroatoms. The molecule has 0 saturated heterocycles. The van der Waals surface area contributed by atoms with E-state index < -0.39 is 0 Å². The van der Waals surface area contributed by atoms with Crippen LogP contribution in [0.2, 0.25) is 0 Å². The molecular weight excluding hydrogens is 236 g/mol. The van der Waals surface area contributed by atoms with Gasteiger partial charge in [0.25, 0.3) is 5.91 Å². The van der Waals surface area contributed by atoms with Gasteiger partial charge < -0.3 is 11.1 Å². The van der Waals surface area contributed by atoms with E-state index >= 15 is 0 Å². The molecule has 3 N–H and O–H groups in total. The molecule has 1 aromatic carbocycles. The molecule has 3 nitrogen and oxygen atoms in total. The van der Waals surface area contributed by atoms with Gasteiger partial charge in [-0.25, -0.2) is 0 Å². The van der Waals surface area contributed by atoms with Gasteiger partial charge in [-0.05, 0) is 29.9 Å². The summed E-state index contributed by atoms with van der Waals surface area (Å²) in [5.41, 5.74) is 7.24. The molecule has 1 fully saturated rings. The number of carbonyl (C=O) groups excluding carboxylic acids is 1. The second kappa shape index (κ2) is 4.96. The molecule has 1 aliphatic carbocycles. The fraction of sp³-hybridized carbons (Fsp3) is 0.462. The topological polar surface area (TPSA) is 55.1 Å². The minimum absolute atomic E-state index is 0. The highest BCUT2D eigenvalue weighted by atomic mass is 35.5. The number of halogens is 1. The summed E-state index contributed by atoms with van der Waals surface area (Å²) in [6.45, 7) is 5.20. The molecule has 0 aliphatic heterocycles. The summed E-state index contributed by atoms with van der Waals surface area (Å²) in [4.78, 5) is 11.8. The number of anilines is 1. The molecular formula is C13H19ClN2O. The standard InChI is InChI=1S/C13H18N2O.ClH/c1-13(2)7-9(13)8-15-12(16)10-5-3-4-6-11(10)14;/h3-6,9H,7-8,14H2,1-2H3,(H,15,16);1H. The van der Waals surface area contributed by atoms with Gasteiger partial charge in [-0.15, -0.1) is 12.4 Å². The Morgan fingerprint density at radius 2 is 2.06 bits per heavy atom. The maximum absolute atomic E-state index is 11.8. The van der Waals surface area contributed by atoms with Gasteiger partial charge in [-0.1, -0.05) is 26.0 Å². The van der Waals surface area contributed by atoms with Crippen molar-refractivity contribution >= 4 is 24.0 Å². The van der Waals surface area contributed by atoms with E-state index in [0.29, 0.717) is 22.6 Å². The van der Waals surface area contributed by atoms with E-state index in [1.54, 1.807) is 12.1 Å². The first-order valence-corrected chi connectivity index (χ1v) is 5.63. The van der Waals surface area contributed by atoms with E-state index in [1.807, 2.05) is 12.1 Å². The third-order valence-electron chi connectivity index (χ3n) is 3.43. The van der Waals surface area contributed by atoms with Gasteiger partial charge in [0.05, 0.1) is 5.56 Å². The summed E-state index contributed by atoms with van der Waals surface area (Å²) in [5, 5.41) is 2.94. The lowest BCUT2D eigenvalue weighted by molar-refractivity contribution is 0.0951. The molecule has 2 rings (SSSR count). The summed E-state index contributed by atoms with van der Waals surface area (Å²) in [5.74, 6) is 0.544. The van der Waals surface area contributed by atoms with Crippen molar-refractivity contribution < 1.29 is 4.79 Å². The average Bonchev–Trinajstić information content (AvgIpc) is 2.84. The number of nitrogens with one attached hydrogen (secondary N) is 1. The highest BCUT2D eigenvalue weighted by molar-refractivity contribution is 5.99. The highest BCUT2D eigenvalue weighted by Crippen LogP contribution is 2.50. The SMILES string of the molecule is CC1(C)CC1CNC(=O)c1ccccc1N.Cl. The molecule has 1 aliphatic rings. The number of hydrogen-bond donors (Lipinski definition) is 2. The normalized spacial score (nSPS) is 20.2. The molecule has 0 bridgehead atoms. The zero-order chi connectivity index (χ0) is 11.8. The van der Waals surface area contributed by atoms with E-state index in [-0.39, 0.29) is 18.3 Å². The first kappa shape index (κ1) is 13.8. The van der Waals surface area contributed by atoms with Gasteiger partial charge in [0, 0.05) is 12.2 Å². The second-order valence-corrected chi connectivity index (χ2v) is 5.19. The number of benzene rings is 1. The van der Waals surface area contributed by atoms with E-state index in [9.17, 15) is 4.79 Å². The Morgan fingerprint density at radius 3 is 2.59 bits per heavy atom. The lowest BCUT2D eigenvalue weighted by Gasteiger charge is -2.08. The molecule has 1 atom stereocenters. The predicted molar refractivity (Wildman–Crippen MR) is 72.3 cm³/mol. The first-order valence-electron chi connectivity index (χ1n) is 5.63. The smallest absolute Gasteiger partial charge is 0.253 e. The summed E-state index contributed by atoms with van der Waals surface area (Å²) in [6, 6.07) is 7.15.